The Hall–Kier alpha value is -0.940. The molecule has 2 atom stereocenters. The summed E-state index contributed by atoms with van der Waals surface area (Å²) in [5.41, 5.74) is 5.52. The van der Waals surface area contributed by atoms with Gasteiger partial charge in [0.1, 0.15) is 0 Å². The molecule has 0 aliphatic carbocycles. The molecule has 1 heterocycles. The first-order chi connectivity index (χ1) is 8.77. The van der Waals surface area contributed by atoms with Crippen molar-refractivity contribution in [1.29, 1.82) is 0 Å². The number of primary amides is 1. The molecule has 0 spiro atoms. The number of rotatable bonds is 7. The van der Waals surface area contributed by atoms with Crippen LogP contribution in [0.5, 0.6) is 0 Å². The number of hydrogen-bond acceptors (Lipinski definition) is 4. The summed E-state index contributed by atoms with van der Waals surface area (Å²) in [6, 6.07) is 4.29. The highest BCUT2D eigenvalue weighted by atomic mass is 32.2. The topological polar surface area (TPSA) is 55.1 Å². The van der Waals surface area contributed by atoms with Crippen molar-refractivity contribution in [3.05, 3.63) is 34.0 Å². The van der Waals surface area contributed by atoms with Crippen LogP contribution in [0.25, 0.3) is 0 Å². The fraction of sp³-hybridized carbons (Fsp3) is 0.500. The summed E-state index contributed by atoms with van der Waals surface area (Å²) in [6.45, 7) is 11.9. The van der Waals surface area contributed by atoms with Crippen molar-refractivity contribution in [1.82, 2.24) is 5.32 Å². The van der Waals surface area contributed by atoms with Gasteiger partial charge in [0.2, 0.25) is 5.91 Å². The van der Waals surface area contributed by atoms with Crippen LogP contribution in [0.1, 0.15) is 38.6 Å². The SMILES string of the molecule is C=C(N[C@@H](C)c1cccs1)S[C@@](C)(C(N)=O)C(C)C. The molecule has 0 aliphatic heterocycles. The lowest BCUT2D eigenvalue weighted by Gasteiger charge is -2.31. The van der Waals surface area contributed by atoms with E-state index >= 15 is 0 Å². The van der Waals surface area contributed by atoms with E-state index in [9.17, 15) is 4.79 Å². The summed E-state index contributed by atoms with van der Waals surface area (Å²) < 4.78 is -0.640. The third kappa shape index (κ3) is 4.01. The average Bonchev–Trinajstić information content (AvgIpc) is 2.81. The summed E-state index contributed by atoms with van der Waals surface area (Å²) >= 11 is 3.11. The summed E-state index contributed by atoms with van der Waals surface area (Å²) in [7, 11) is 0. The van der Waals surface area contributed by atoms with Gasteiger partial charge in [0.25, 0.3) is 0 Å². The number of nitrogens with two attached hydrogens (primary N) is 1. The lowest BCUT2D eigenvalue weighted by atomic mass is 9.96. The fourth-order valence-corrected chi connectivity index (χ4v) is 3.41. The third-order valence-corrected chi connectivity index (χ3v) is 5.79. The molecule has 0 saturated carbocycles. The number of nitrogens with one attached hydrogen (secondary N) is 1. The van der Waals surface area contributed by atoms with E-state index in [0.717, 1.165) is 5.03 Å². The van der Waals surface area contributed by atoms with Gasteiger partial charge in [0, 0.05) is 4.88 Å². The molecule has 0 fully saturated rings. The van der Waals surface area contributed by atoms with E-state index < -0.39 is 4.75 Å². The van der Waals surface area contributed by atoms with Crippen molar-refractivity contribution in [3.63, 3.8) is 0 Å². The number of thioether (sulfide) groups is 1. The molecule has 0 bridgehead atoms. The van der Waals surface area contributed by atoms with Gasteiger partial charge in [0.05, 0.1) is 15.8 Å². The monoisotopic (exact) mass is 298 g/mol. The maximum absolute atomic E-state index is 11.6. The van der Waals surface area contributed by atoms with Crippen LogP contribution in [0.15, 0.2) is 29.1 Å². The van der Waals surface area contributed by atoms with Crippen LogP contribution in [-0.4, -0.2) is 10.7 Å². The second kappa shape index (κ2) is 6.48. The Bertz CT molecular complexity index is 442. The molecule has 0 saturated heterocycles. The average molecular weight is 298 g/mol. The number of thiophene rings is 1. The minimum Gasteiger partial charge on any atom is -0.373 e. The van der Waals surface area contributed by atoms with Gasteiger partial charge >= 0.3 is 0 Å². The number of hydrogen-bond donors (Lipinski definition) is 2. The zero-order valence-electron chi connectivity index (χ0n) is 11.9. The zero-order chi connectivity index (χ0) is 14.6. The molecule has 0 aliphatic rings. The molecule has 0 radical (unpaired) electrons. The summed E-state index contributed by atoms with van der Waals surface area (Å²) in [4.78, 5) is 12.9. The number of amides is 1. The van der Waals surface area contributed by atoms with E-state index in [4.69, 9.17) is 5.73 Å². The Morgan fingerprint density at radius 1 is 1.53 bits per heavy atom. The number of carbonyl (C=O) groups excluding carboxylic acids is 1. The molecular weight excluding hydrogens is 276 g/mol. The van der Waals surface area contributed by atoms with Gasteiger partial charge in [-0.15, -0.1) is 11.3 Å². The summed E-state index contributed by atoms with van der Waals surface area (Å²) in [5, 5.41) is 6.14. The van der Waals surface area contributed by atoms with Crippen molar-refractivity contribution >= 4 is 29.0 Å². The van der Waals surface area contributed by atoms with Crippen molar-refractivity contribution in [2.45, 2.75) is 38.5 Å². The third-order valence-electron chi connectivity index (χ3n) is 3.27. The highest BCUT2D eigenvalue weighted by Gasteiger charge is 2.36. The van der Waals surface area contributed by atoms with Gasteiger partial charge in [-0.25, -0.2) is 0 Å². The van der Waals surface area contributed by atoms with Crippen LogP contribution < -0.4 is 11.1 Å². The maximum Gasteiger partial charge on any atom is 0.234 e. The second-order valence-corrected chi connectivity index (χ2v) is 7.56. The summed E-state index contributed by atoms with van der Waals surface area (Å²) in [6.07, 6.45) is 0. The predicted octanol–water partition coefficient (Wildman–Crippen LogP) is 3.50. The molecule has 0 aromatic carbocycles. The normalized spacial score (nSPS) is 15.8. The standard InChI is InChI=1S/C14H22N2OS2/c1-9(2)14(5,13(15)17)19-11(4)16-10(3)12-7-6-8-18-12/h6-10,16H,4H2,1-3,5H3,(H2,15,17)/t10-,14+/m0/s1. The van der Waals surface area contributed by atoms with E-state index in [2.05, 4.69) is 24.9 Å². The molecule has 5 heteroatoms. The molecule has 3 N–H and O–H groups in total. The minimum absolute atomic E-state index is 0.144. The maximum atomic E-state index is 11.6. The van der Waals surface area contributed by atoms with Gasteiger partial charge in [-0.1, -0.05) is 38.3 Å². The first-order valence-corrected chi connectivity index (χ1v) is 7.94. The van der Waals surface area contributed by atoms with Crippen molar-refractivity contribution < 1.29 is 4.79 Å². The molecule has 3 nitrogen and oxygen atoms in total. The Balaban J connectivity index is 2.66. The van der Waals surface area contributed by atoms with Gasteiger partial charge in [-0.3, -0.25) is 4.79 Å². The van der Waals surface area contributed by atoms with Crippen molar-refractivity contribution in [3.8, 4) is 0 Å². The zero-order valence-corrected chi connectivity index (χ0v) is 13.5. The van der Waals surface area contributed by atoms with Crippen LogP contribution in [0, 0.1) is 5.92 Å². The Morgan fingerprint density at radius 3 is 2.58 bits per heavy atom. The van der Waals surface area contributed by atoms with E-state index in [0.29, 0.717) is 0 Å². The lowest BCUT2D eigenvalue weighted by molar-refractivity contribution is -0.120. The highest BCUT2D eigenvalue weighted by molar-refractivity contribution is 8.05. The van der Waals surface area contributed by atoms with Crippen molar-refractivity contribution in [2.24, 2.45) is 11.7 Å². The van der Waals surface area contributed by atoms with Crippen LogP contribution in [0.3, 0.4) is 0 Å². The fourth-order valence-electron chi connectivity index (χ4n) is 1.59. The first-order valence-electron chi connectivity index (χ1n) is 6.25. The summed E-state index contributed by atoms with van der Waals surface area (Å²) in [5.74, 6) is -0.162. The predicted molar refractivity (Wildman–Crippen MR) is 85.0 cm³/mol. The molecule has 1 amide bonds. The van der Waals surface area contributed by atoms with Gasteiger partial charge < -0.3 is 11.1 Å². The van der Waals surface area contributed by atoms with Crippen LogP contribution >= 0.6 is 23.1 Å². The molecule has 1 rings (SSSR count). The highest BCUT2D eigenvalue weighted by Crippen LogP contribution is 2.37. The minimum atomic E-state index is -0.640. The Labute approximate surface area is 123 Å². The van der Waals surface area contributed by atoms with Gasteiger partial charge in [-0.05, 0) is 31.2 Å². The quantitative estimate of drug-likeness (QED) is 0.810. The Kier molecular flexibility index (Phi) is 5.50. The van der Waals surface area contributed by atoms with Crippen LogP contribution in [0.4, 0.5) is 0 Å². The molecular formula is C14H22N2OS2. The number of carbonyl (C=O) groups is 1. The first kappa shape index (κ1) is 16.1. The van der Waals surface area contributed by atoms with Gasteiger partial charge in [0.15, 0.2) is 0 Å². The van der Waals surface area contributed by atoms with E-state index in [1.165, 1.54) is 16.6 Å². The van der Waals surface area contributed by atoms with Crippen LogP contribution in [-0.2, 0) is 4.79 Å². The van der Waals surface area contributed by atoms with Crippen molar-refractivity contribution in [2.75, 3.05) is 0 Å². The molecule has 106 valence electrons. The smallest absolute Gasteiger partial charge is 0.234 e. The van der Waals surface area contributed by atoms with Crippen LogP contribution in [0.2, 0.25) is 0 Å². The van der Waals surface area contributed by atoms with E-state index in [1.54, 1.807) is 11.3 Å². The molecule has 0 unspecified atom stereocenters. The molecule has 19 heavy (non-hydrogen) atoms. The largest absolute Gasteiger partial charge is 0.373 e. The molecule has 1 aromatic heterocycles. The Morgan fingerprint density at radius 2 is 2.16 bits per heavy atom. The second-order valence-electron chi connectivity index (χ2n) is 5.03. The lowest BCUT2D eigenvalue weighted by Crippen LogP contribution is -2.43. The van der Waals surface area contributed by atoms with Gasteiger partial charge in [-0.2, -0.15) is 0 Å². The van der Waals surface area contributed by atoms with E-state index in [1.807, 2.05) is 32.2 Å². The van der Waals surface area contributed by atoms with E-state index in [-0.39, 0.29) is 17.9 Å². The molecule has 1 aromatic rings.